The molecule has 0 saturated carbocycles. The molecule has 2 fully saturated rings. The lowest BCUT2D eigenvalue weighted by Crippen LogP contribution is -2.56. The highest BCUT2D eigenvalue weighted by Crippen LogP contribution is 2.34. The molecule has 44 heavy (non-hydrogen) atoms. The minimum Gasteiger partial charge on any atom is -0.462 e. The van der Waals surface area contributed by atoms with Gasteiger partial charge >= 0.3 is 12.1 Å². The third-order valence-electron chi connectivity index (χ3n) is 8.80. The van der Waals surface area contributed by atoms with E-state index < -0.39 is 5.60 Å². The van der Waals surface area contributed by atoms with Gasteiger partial charge in [0.1, 0.15) is 18.0 Å². The molecule has 1 unspecified atom stereocenters. The number of likely N-dealkylation sites (N-methyl/N-ethyl adjacent to an activating group) is 1. The first-order valence-electron chi connectivity index (χ1n) is 15.6. The minimum absolute atomic E-state index is 0.212. The van der Waals surface area contributed by atoms with Crippen molar-refractivity contribution in [1.29, 1.82) is 5.26 Å². The summed E-state index contributed by atoms with van der Waals surface area (Å²) in [6, 6.07) is 13.0. The standard InChI is InChI=1S/C33H42N8O3/c1-33(2,3)44-32(42)41-19-18-40(20-23(41)11-14-34)30-26-13-17-39(29-12-15-35-27-10-6-5-9-25(27)29)21-28(26)36-31(37-30)43-22-24-8-7-16-38(24)4/h5-6,9-10,12,15,23-24H,7-8,11,13,16-22H2,1-4H3/t23?,24-/m0/s1. The van der Waals surface area contributed by atoms with Crippen molar-refractivity contribution in [2.45, 2.75) is 70.7 Å². The second kappa shape index (κ2) is 12.4. The average molecular weight is 599 g/mol. The number of nitriles is 1. The van der Waals surface area contributed by atoms with Crippen LogP contribution in [0, 0.1) is 11.3 Å². The predicted octanol–water partition coefficient (Wildman–Crippen LogP) is 4.40. The maximum absolute atomic E-state index is 13.0. The van der Waals surface area contributed by atoms with E-state index in [0.29, 0.717) is 44.8 Å². The first-order valence-corrected chi connectivity index (χ1v) is 15.6. The zero-order chi connectivity index (χ0) is 30.8. The molecule has 0 bridgehead atoms. The Morgan fingerprint density at radius 1 is 1.07 bits per heavy atom. The number of ether oxygens (including phenoxy) is 2. The smallest absolute Gasteiger partial charge is 0.410 e. The Bertz CT molecular complexity index is 1550. The summed E-state index contributed by atoms with van der Waals surface area (Å²) in [7, 11) is 2.14. The summed E-state index contributed by atoms with van der Waals surface area (Å²) in [5, 5.41) is 10.8. The van der Waals surface area contributed by atoms with Crippen LogP contribution in [0.2, 0.25) is 0 Å². The molecule has 2 aromatic heterocycles. The molecule has 1 aromatic carbocycles. The number of para-hydroxylation sites is 1. The highest BCUT2D eigenvalue weighted by molar-refractivity contribution is 5.91. The van der Waals surface area contributed by atoms with E-state index in [4.69, 9.17) is 19.4 Å². The van der Waals surface area contributed by atoms with Crippen molar-refractivity contribution in [1.82, 2.24) is 24.8 Å². The maximum Gasteiger partial charge on any atom is 0.410 e. The normalized spacial score (nSPS) is 20.8. The molecule has 0 aliphatic carbocycles. The number of pyridine rings is 1. The van der Waals surface area contributed by atoms with Gasteiger partial charge in [0, 0.05) is 55.1 Å². The van der Waals surface area contributed by atoms with Gasteiger partial charge in [-0.2, -0.15) is 15.2 Å². The number of nitrogens with zero attached hydrogens (tertiary/aromatic N) is 8. The van der Waals surface area contributed by atoms with Gasteiger partial charge in [0.25, 0.3) is 0 Å². The molecular weight excluding hydrogens is 556 g/mol. The molecule has 6 rings (SSSR count). The Labute approximate surface area is 259 Å². The van der Waals surface area contributed by atoms with Crippen LogP contribution in [0.4, 0.5) is 16.3 Å². The Kier molecular flexibility index (Phi) is 8.45. The number of piperazine rings is 1. The maximum atomic E-state index is 13.0. The summed E-state index contributed by atoms with van der Waals surface area (Å²) in [6.45, 7) is 10.1. The minimum atomic E-state index is -0.608. The third-order valence-corrected chi connectivity index (χ3v) is 8.80. The van der Waals surface area contributed by atoms with Crippen molar-refractivity contribution >= 4 is 28.5 Å². The highest BCUT2D eigenvalue weighted by Gasteiger charge is 2.36. The van der Waals surface area contributed by atoms with E-state index in [1.807, 2.05) is 45.2 Å². The van der Waals surface area contributed by atoms with Gasteiger partial charge in [-0.3, -0.25) is 4.98 Å². The summed E-state index contributed by atoms with van der Waals surface area (Å²) in [4.78, 5) is 36.2. The Morgan fingerprint density at radius 2 is 1.91 bits per heavy atom. The summed E-state index contributed by atoms with van der Waals surface area (Å²) in [5.74, 6) is 0.843. The van der Waals surface area contributed by atoms with Crippen LogP contribution in [0.3, 0.4) is 0 Å². The SMILES string of the molecule is CN1CCC[C@H]1COc1nc2c(c(N3CCN(C(=O)OC(C)(C)C)C(CC#N)C3)n1)CCN(c1ccnc3ccccc13)C2. The van der Waals surface area contributed by atoms with Gasteiger partial charge in [-0.25, -0.2) is 4.79 Å². The number of hydrogen-bond acceptors (Lipinski definition) is 10. The molecule has 2 atom stereocenters. The Hall–Kier alpha value is -4.17. The lowest BCUT2D eigenvalue weighted by molar-refractivity contribution is 0.0144. The molecule has 11 nitrogen and oxygen atoms in total. The number of benzene rings is 1. The van der Waals surface area contributed by atoms with Gasteiger partial charge in [0.05, 0.1) is 36.3 Å². The van der Waals surface area contributed by atoms with E-state index in [1.54, 1.807) is 4.90 Å². The number of hydrogen-bond donors (Lipinski definition) is 0. The molecule has 3 aliphatic rings. The van der Waals surface area contributed by atoms with Crippen LogP contribution >= 0.6 is 0 Å². The van der Waals surface area contributed by atoms with Gasteiger partial charge in [-0.15, -0.1) is 0 Å². The number of fused-ring (bicyclic) bond motifs is 2. The average Bonchev–Trinajstić information content (AvgIpc) is 3.42. The quantitative estimate of drug-likeness (QED) is 0.405. The highest BCUT2D eigenvalue weighted by atomic mass is 16.6. The van der Waals surface area contributed by atoms with Gasteiger partial charge in [-0.05, 0) is 65.8 Å². The summed E-state index contributed by atoms with van der Waals surface area (Å²) >= 11 is 0. The zero-order valence-corrected chi connectivity index (χ0v) is 26.2. The summed E-state index contributed by atoms with van der Waals surface area (Å²) in [5.41, 5.74) is 3.55. The molecule has 232 valence electrons. The van der Waals surface area contributed by atoms with Crippen LogP contribution in [0.25, 0.3) is 10.9 Å². The van der Waals surface area contributed by atoms with Gasteiger partial charge in [-0.1, -0.05) is 18.2 Å². The van der Waals surface area contributed by atoms with Crippen molar-refractivity contribution in [3.63, 3.8) is 0 Å². The molecule has 11 heteroatoms. The topological polar surface area (TPSA) is 111 Å². The van der Waals surface area contributed by atoms with E-state index in [0.717, 1.165) is 66.0 Å². The lowest BCUT2D eigenvalue weighted by Gasteiger charge is -2.42. The van der Waals surface area contributed by atoms with Gasteiger partial charge in [0.15, 0.2) is 0 Å². The predicted molar refractivity (Wildman–Crippen MR) is 169 cm³/mol. The van der Waals surface area contributed by atoms with E-state index in [9.17, 15) is 10.1 Å². The van der Waals surface area contributed by atoms with Crippen molar-refractivity contribution in [2.75, 3.05) is 56.2 Å². The van der Waals surface area contributed by atoms with E-state index in [-0.39, 0.29) is 18.6 Å². The number of carbonyl (C=O) groups is 1. The molecule has 1 amide bonds. The van der Waals surface area contributed by atoms with Gasteiger partial charge < -0.3 is 29.1 Å². The van der Waals surface area contributed by atoms with Crippen LogP contribution < -0.4 is 14.5 Å². The number of carbonyl (C=O) groups excluding carboxylic acids is 1. The lowest BCUT2D eigenvalue weighted by atomic mass is 10.0. The van der Waals surface area contributed by atoms with Crippen molar-refractivity contribution in [2.24, 2.45) is 0 Å². The zero-order valence-electron chi connectivity index (χ0n) is 26.2. The fourth-order valence-electron chi connectivity index (χ4n) is 6.53. The summed E-state index contributed by atoms with van der Waals surface area (Å²) < 4.78 is 12.0. The number of aromatic nitrogens is 3. The van der Waals surface area contributed by atoms with Crippen molar-refractivity contribution in [3.8, 4) is 12.1 Å². The van der Waals surface area contributed by atoms with Crippen LogP contribution in [-0.4, -0.2) is 94.9 Å². The van der Waals surface area contributed by atoms with E-state index >= 15 is 0 Å². The fraction of sp³-hybridized carbons (Fsp3) is 0.545. The molecule has 0 radical (unpaired) electrons. The van der Waals surface area contributed by atoms with Crippen LogP contribution in [0.1, 0.15) is 51.3 Å². The first kappa shape index (κ1) is 29.9. The molecular formula is C33H42N8O3. The van der Waals surface area contributed by atoms with Crippen LogP contribution in [-0.2, 0) is 17.7 Å². The molecule has 3 aliphatic heterocycles. The van der Waals surface area contributed by atoms with Crippen molar-refractivity contribution in [3.05, 3.63) is 47.8 Å². The van der Waals surface area contributed by atoms with E-state index in [2.05, 4.69) is 44.9 Å². The number of amides is 1. The van der Waals surface area contributed by atoms with Crippen LogP contribution in [0.15, 0.2) is 36.5 Å². The fourth-order valence-corrected chi connectivity index (χ4v) is 6.53. The second-order valence-corrected chi connectivity index (χ2v) is 13.0. The second-order valence-electron chi connectivity index (χ2n) is 13.0. The third kappa shape index (κ3) is 6.36. The van der Waals surface area contributed by atoms with Crippen LogP contribution in [0.5, 0.6) is 6.01 Å². The molecule has 2 saturated heterocycles. The molecule has 0 spiro atoms. The Balaban J connectivity index is 1.30. The molecule has 3 aromatic rings. The van der Waals surface area contributed by atoms with Crippen molar-refractivity contribution < 1.29 is 14.3 Å². The Morgan fingerprint density at radius 3 is 2.68 bits per heavy atom. The number of rotatable bonds is 6. The molecule has 5 heterocycles. The summed E-state index contributed by atoms with van der Waals surface area (Å²) in [6.07, 6.45) is 4.72. The number of anilines is 2. The monoisotopic (exact) mass is 598 g/mol. The van der Waals surface area contributed by atoms with Gasteiger partial charge in [0.2, 0.25) is 0 Å². The molecule has 0 N–H and O–H groups in total. The van der Waals surface area contributed by atoms with E-state index in [1.165, 1.54) is 0 Å². The first-order chi connectivity index (χ1) is 21.2. The number of likely N-dealkylation sites (tertiary alicyclic amines) is 1. The largest absolute Gasteiger partial charge is 0.462 e.